The Hall–Kier alpha value is -6.60. The van der Waals surface area contributed by atoms with Gasteiger partial charge in [-0.1, -0.05) is 91.0 Å². The fourth-order valence-electron chi connectivity index (χ4n) is 6.39. The molecule has 6 aromatic carbocycles. The summed E-state index contributed by atoms with van der Waals surface area (Å²) in [5, 5.41) is 3.91. The van der Waals surface area contributed by atoms with E-state index in [-0.39, 0.29) is 0 Å². The predicted octanol–water partition coefficient (Wildman–Crippen LogP) is 10.5. The molecule has 0 unspecified atom stereocenters. The van der Waals surface area contributed by atoms with Crippen LogP contribution in [0.25, 0.3) is 101 Å². The maximum Gasteiger partial charge on any atom is 0.227 e. The van der Waals surface area contributed by atoms with Gasteiger partial charge >= 0.3 is 0 Å². The summed E-state index contributed by atoms with van der Waals surface area (Å²) in [6.07, 6.45) is 0. The number of nitrogens with zero attached hydrogens (tertiary/aromatic N) is 4. The van der Waals surface area contributed by atoms with Crippen molar-refractivity contribution in [1.29, 1.82) is 0 Å². The summed E-state index contributed by atoms with van der Waals surface area (Å²) in [4.78, 5) is 20.3. The fraction of sp³-hybridized carbons (Fsp3) is 0. The Morgan fingerprint density at radius 2 is 0.957 bits per heavy atom. The lowest BCUT2D eigenvalue weighted by atomic mass is 10.0. The normalized spacial score (nSPS) is 11.8. The zero-order valence-electron chi connectivity index (χ0n) is 24.7. The molecule has 7 heteroatoms. The largest absolute Gasteiger partial charge is 0.456 e. The average Bonchev–Trinajstić information content (AvgIpc) is 3.84. The van der Waals surface area contributed by atoms with Crippen molar-refractivity contribution in [3.05, 3.63) is 133 Å². The predicted molar refractivity (Wildman–Crippen MR) is 184 cm³/mol. The third-order valence-electron chi connectivity index (χ3n) is 8.57. The number of hydrogen-bond acceptors (Lipinski definition) is 7. The zero-order valence-corrected chi connectivity index (χ0v) is 24.7. The van der Waals surface area contributed by atoms with Crippen molar-refractivity contribution in [3.63, 3.8) is 0 Å². The summed E-state index contributed by atoms with van der Waals surface area (Å²) in [5.41, 5.74) is 7.52. The molecule has 0 aliphatic carbocycles. The van der Waals surface area contributed by atoms with E-state index in [4.69, 9.17) is 33.2 Å². The van der Waals surface area contributed by atoms with Crippen molar-refractivity contribution in [2.24, 2.45) is 0 Å². The maximum atomic E-state index is 6.37. The molecule has 0 aliphatic rings. The fourth-order valence-corrected chi connectivity index (χ4v) is 6.39. The van der Waals surface area contributed by atoms with Crippen LogP contribution in [-0.2, 0) is 0 Å². The van der Waals surface area contributed by atoms with E-state index < -0.39 is 0 Å². The van der Waals surface area contributed by atoms with E-state index in [1.807, 2.05) is 121 Å². The summed E-state index contributed by atoms with van der Waals surface area (Å²) in [6, 6.07) is 43.8. The minimum atomic E-state index is 0.466. The highest BCUT2D eigenvalue weighted by Crippen LogP contribution is 2.42. The van der Waals surface area contributed by atoms with Gasteiger partial charge in [0.05, 0.1) is 5.56 Å². The van der Waals surface area contributed by atoms with Crippen LogP contribution in [0.15, 0.2) is 147 Å². The molecular formula is C40H22N4O3. The minimum absolute atomic E-state index is 0.466. The second-order valence-corrected chi connectivity index (χ2v) is 11.4. The lowest BCUT2D eigenvalue weighted by molar-refractivity contribution is 0.617. The molecule has 0 radical (unpaired) electrons. The van der Waals surface area contributed by atoms with Gasteiger partial charge in [-0.25, -0.2) is 19.9 Å². The number of hydrogen-bond donors (Lipinski definition) is 0. The Kier molecular flexibility index (Phi) is 5.44. The van der Waals surface area contributed by atoms with Crippen LogP contribution in [0.4, 0.5) is 0 Å². The van der Waals surface area contributed by atoms with Crippen molar-refractivity contribution in [1.82, 2.24) is 19.9 Å². The Bertz CT molecular complexity index is 2800. The smallest absolute Gasteiger partial charge is 0.227 e. The molecule has 47 heavy (non-hydrogen) atoms. The minimum Gasteiger partial charge on any atom is -0.456 e. The third kappa shape index (κ3) is 4.07. The summed E-state index contributed by atoms with van der Waals surface area (Å²) in [6.45, 7) is 0. The van der Waals surface area contributed by atoms with E-state index in [1.54, 1.807) is 0 Å². The van der Waals surface area contributed by atoms with Gasteiger partial charge in [0.2, 0.25) is 5.89 Å². The molecule has 0 spiro atoms. The highest BCUT2D eigenvalue weighted by atomic mass is 16.4. The standard InChI is InChI=1S/C40H22N4O3/c1-3-11-23(12-4-1)37-42-38(25-19-20-27-26-15-7-9-17-29(26)45-31(27)21-25)44-39(43-37)35-34-28-16-8-10-18-30(28)46-32(34)22-33-36(35)41-40(47-33)24-13-5-2-6-14-24/h1-22H. The van der Waals surface area contributed by atoms with E-state index >= 15 is 0 Å². The second-order valence-electron chi connectivity index (χ2n) is 11.4. The zero-order chi connectivity index (χ0) is 30.9. The Morgan fingerprint density at radius 1 is 0.362 bits per heavy atom. The molecule has 10 aromatic rings. The molecule has 7 nitrogen and oxygen atoms in total. The highest BCUT2D eigenvalue weighted by molar-refractivity contribution is 6.18. The number of fused-ring (bicyclic) bond motifs is 7. The molecule has 0 atom stereocenters. The van der Waals surface area contributed by atoms with Crippen LogP contribution in [0.3, 0.4) is 0 Å². The van der Waals surface area contributed by atoms with E-state index in [1.165, 1.54) is 0 Å². The first-order valence-electron chi connectivity index (χ1n) is 15.3. The van der Waals surface area contributed by atoms with Gasteiger partial charge in [0.1, 0.15) is 27.8 Å². The number of aromatic nitrogens is 4. The summed E-state index contributed by atoms with van der Waals surface area (Å²) in [5.74, 6) is 2.03. The van der Waals surface area contributed by atoms with E-state index in [0.29, 0.717) is 40.0 Å². The Morgan fingerprint density at radius 3 is 1.74 bits per heavy atom. The lowest BCUT2D eigenvalue weighted by Gasteiger charge is -2.09. The first-order valence-corrected chi connectivity index (χ1v) is 15.3. The van der Waals surface area contributed by atoms with E-state index in [0.717, 1.165) is 60.5 Å². The van der Waals surface area contributed by atoms with Crippen LogP contribution in [-0.4, -0.2) is 19.9 Å². The number of benzene rings is 6. The monoisotopic (exact) mass is 606 g/mol. The van der Waals surface area contributed by atoms with Crippen LogP contribution in [0.5, 0.6) is 0 Å². The van der Waals surface area contributed by atoms with Gasteiger partial charge in [-0.15, -0.1) is 0 Å². The topological polar surface area (TPSA) is 91.0 Å². The molecule has 0 aliphatic heterocycles. The van der Waals surface area contributed by atoms with Gasteiger partial charge in [-0.3, -0.25) is 0 Å². The molecule has 4 aromatic heterocycles. The summed E-state index contributed by atoms with van der Waals surface area (Å²) < 4.78 is 19.0. The molecule has 0 saturated carbocycles. The maximum absolute atomic E-state index is 6.37. The van der Waals surface area contributed by atoms with Crippen LogP contribution in [0, 0.1) is 0 Å². The van der Waals surface area contributed by atoms with Crippen LogP contribution in [0.2, 0.25) is 0 Å². The summed E-state index contributed by atoms with van der Waals surface area (Å²) >= 11 is 0. The Labute approximate surface area is 266 Å². The average molecular weight is 607 g/mol. The van der Waals surface area contributed by atoms with Gasteiger partial charge in [0.25, 0.3) is 0 Å². The Balaban J connectivity index is 1.28. The molecule has 0 fully saturated rings. The summed E-state index contributed by atoms with van der Waals surface area (Å²) in [7, 11) is 0. The van der Waals surface area contributed by atoms with Crippen LogP contribution in [0.1, 0.15) is 0 Å². The van der Waals surface area contributed by atoms with Crippen molar-refractivity contribution >= 4 is 55.0 Å². The quantitative estimate of drug-likeness (QED) is 0.197. The number of furan rings is 2. The first-order chi connectivity index (χ1) is 23.3. The number of para-hydroxylation sites is 2. The van der Waals surface area contributed by atoms with Gasteiger partial charge in [-0.2, -0.15) is 0 Å². The molecule has 0 amide bonds. The molecule has 220 valence electrons. The lowest BCUT2D eigenvalue weighted by Crippen LogP contribution is -2.01. The SMILES string of the molecule is c1ccc(-c2nc(-c3ccc4c(c3)oc3ccccc34)nc(-c3c4nc(-c5ccccc5)oc4cc4oc5ccccc5c34)n2)cc1. The van der Waals surface area contributed by atoms with Crippen molar-refractivity contribution < 1.29 is 13.3 Å². The van der Waals surface area contributed by atoms with Gasteiger partial charge in [0.15, 0.2) is 23.1 Å². The molecule has 0 bridgehead atoms. The van der Waals surface area contributed by atoms with Gasteiger partial charge < -0.3 is 13.3 Å². The highest BCUT2D eigenvalue weighted by Gasteiger charge is 2.24. The van der Waals surface area contributed by atoms with Crippen molar-refractivity contribution in [3.8, 4) is 45.6 Å². The van der Waals surface area contributed by atoms with Crippen LogP contribution >= 0.6 is 0 Å². The molecule has 4 heterocycles. The van der Waals surface area contributed by atoms with E-state index in [9.17, 15) is 0 Å². The number of rotatable bonds is 4. The molecule has 0 N–H and O–H groups in total. The van der Waals surface area contributed by atoms with Crippen molar-refractivity contribution in [2.45, 2.75) is 0 Å². The molecule has 10 rings (SSSR count). The van der Waals surface area contributed by atoms with Gasteiger partial charge in [0, 0.05) is 44.3 Å². The molecule has 0 saturated heterocycles. The number of oxazole rings is 1. The third-order valence-corrected chi connectivity index (χ3v) is 8.57. The van der Waals surface area contributed by atoms with Crippen LogP contribution < -0.4 is 0 Å². The van der Waals surface area contributed by atoms with Crippen molar-refractivity contribution in [2.75, 3.05) is 0 Å². The van der Waals surface area contributed by atoms with E-state index in [2.05, 4.69) is 12.1 Å². The molecular weight excluding hydrogens is 584 g/mol. The second kappa shape index (κ2) is 9.95. The first kappa shape index (κ1) is 25.7. The van der Waals surface area contributed by atoms with Gasteiger partial charge in [-0.05, 0) is 36.4 Å².